The zero-order valence-electron chi connectivity index (χ0n) is 22.6. The summed E-state index contributed by atoms with van der Waals surface area (Å²) in [5.74, 6) is -0.624. The van der Waals surface area contributed by atoms with Crippen molar-refractivity contribution in [1.82, 2.24) is 19.4 Å². The molecular formula is C30H32N4O4S. The molecule has 1 fully saturated rings. The van der Waals surface area contributed by atoms with Crippen LogP contribution in [0.1, 0.15) is 51.3 Å². The molecule has 1 unspecified atom stereocenters. The molecule has 3 heterocycles. The van der Waals surface area contributed by atoms with Crippen LogP contribution in [0, 0.1) is 0 Å². The summed E-state index contributed by atoms with van der Waals surface area (Å²) in [6.07, 6.45) is 4.56. The van der Waals surface area contributed by atoms with E-state index in [1.54, 1.807) is 27.9 Å². The zero-order valence-corrected chi connectivity index (χ0v) is 23.4. The molecule has 1 aliphatic rings. The van der Waals surface area contributed by atoms with Gasteiger partial charge in [0.1, 0.15) is 16.9 Å². The van der Waals surface area contributed by atoms with Gasteiger partial charge in [-0.2, -0.15) is 0 Å². The maximum absolute atomic E-state index is 14.1. The molecule has 2 aromatic heterocycles. The number of carbonyl (C=O) groups excluding carboxylic acids is 2. The van der Waals surface area contributed by atoms with Gasteiger partial charge in [0.25, 0.3) is 5.56 Å². The van der Waals surface area contributed by atoms with Crippen LogP contribution in [-0.2, 0) is 20.9 Å². The second-order valence-electron chi connectivity index (χ2n) is 10.7. The normalized spacial score (nSPS) is 16.5. The van der Waals surface area contributed by atoms with Gasteiger partial charge in [-0.25, -0.2) is 9.78 Å². The number of thioether (sulfide) groups is 1. The van der Waals surface area contributed by atoms with Gasteiger partial charge in [-0.1, -0.05) is 42.1 Å². The monoisotopic (exact) mass is 544 g/mol. The molecule has 1 aliphatic heterocycles. The van der Waals surface area contributed by atoms with E-state index in [4.69, 9.17) is 9.72 Å². The van der Waals surface area contributed by atoms with Crippen LogP contribution < -0.4 is 5.56 Å². The van der Waals surface area contributed by atoms with E-state index < -0.39 is 22.9 Å². The first kappa shape index (κ1) is 26.9. The number of benzene rings is 2. The van der Waals surface area contributed by atoms with Gasteiger partial charge < -0.3 is 9.64 Å². The minimum Gasteiger partial charge on any atom is -0.458 e. The van der Waals surface area contributed by atoms with Crippen molar-refractivity contribution in [1.29, 1.82) is 0 Å². The Morgan fingerprint density at radius 3 is 2.54 bits per heavy atom. The van der Waals surface area contributed by atoms with Crippen molar-refractivity contribution in [3.8, 4) is 0 Å². The molecule has 0 radical (unpaired) electrons. The van der Waals surface area contributed by atoms with E-state index >= 15 is 0 Å². The van der Waals surface area contributed by atoms with Crippen molar-refractivity contribution in [2.24, 2.45) is 0 Å². The summed E-state index contributed by atoms with van der Waals surface area (Å²) in [4.78, 5) is 51.4. The first-order chi connectivity index (χ1) is 18.7. The van der Waals surface area contributed by atoms with Crippen LogP contribution in [-0.4, -0.2) is 49.5 Å². The molecule has 2 aromatic carbocycles. The number of hydrogen-bond donors (Lipinski definition) is 0. The maximum Gasteiger partial charge on any atom is 0.329 e. The Kier molecular flexibility index (Phi) is 7.44. The number of fused-ring (bicyclic) bond motifs is 2. The summed E-state index contributed by atoms with van der Waals surface area (Å²) in [6.45, 7) is 8.20. The van der Waals surface area contributed by atoms with Crippen LogP contribution in [0.15, 0.2) is 70.9 Å². The van der Waals surface area contributed by atoms with E-state index in [-0.39, 0.29) is 11.5 Å². The van der Waals surface area contributed by atoms with E-state index in [1.807, 2.05) is 70.2 Å². The quantitative estimate of drug-likeness (QED) is 0.144. The van der Waals surface area contributed by atoms with Crippen molar-refractivity contribution in [3.05, 3.63) is 76.8 Å². The minimum absolute atomic E-state index is 0.152. The number of carbonyl (C=O) groups is 2. The topological polar surface area (TPSA) is 94.4 Å². The van der Waals surface area contributed by atoms with Crippen LogP contribution >= 0.6 is 11.8 Å². The Balaban J connectivity index is 1.56. The van der Waals surface area contributed by atoms with Gasteiger partial charge in [-0.3, -0.25) is 19.1 Å². The molecule has 1 saturated heterocycles. The number of rotatable bonds is 6. The van der Waals surface area contributed by atoms with E-state index in [1.165, 1.54) is 11.8 Å². The fraction of sp³-hybridized carbons (Fsp3) is 0.367. The highest BCUT2D eigenvalue weighted by Gasteiger charge is 2.40. The number of amides is 1. The molecule has 8 nitrogen and oxygen atoms in total. The Hall–Kier alpha value is -3.72. The second kappa shape index (κ2) is 10.8. The van der Waals surface area contributed by atoms with Crippen molar-refractivity contribution in [3.63, 3.8) is 0 Å². The van der Waals surface area contributed by atoms with Gasteiger partial charge >= 0.3 is 5.97 Å². The predicted molar refractivity (Wildman–Crippen MR) is 153 cm³/mol. The lowest BCUT2D eigenvalue weighted by Crippen LogP contribution is -2.45. The number of hydrogen-bond acceptors (Lipinski definition) is 7. The van der Waals surface area contributed by atoms with Gasteiger partial charge in [0.05, 0.1) is 10.9 Å². The number of nitrogens with zero attached hydrogens (tertiary/aromatic N) is 4. The largest absolute Gasteiger partial charge is 0.458 e. The molecule has 2 atom stereocenters. The van der Waals surface area contributed by atoms with Crippen LogP contribution in [0.3, 0.4) is 0 Å². The van der Waals surface area contributed by atoms with E-state index in [0.717, 1.165) is 10.8 Å². The average molecular weight is 545 g/mol. The van der Waals surface area contributed by atoms with E-state index in [9.17, 15) is 14.4 Å². The van der Waals surface area contributed by atoms with Crippen LogP contribution in [0.2, 0.25) is 0 Å². The SMILES string of the molecule is CCn1c(SC(C(=O)N2CCC[C@@H]2C(=O)OC(C)(C)C)c2cccnc2)nc2cc3ccccc3cc2c1=O. The van der Waals surface area contributed by atoms with E-state index in [0.29, 0.717) is 47.6 Å². The smallest absolute Gasteiger partial charge is 0.329 e. The van der Waals surface area contributed by atoms with Crippen LogP contribution in [0.5, 0.6) is 0 Å². The summed E-state index contributed by atoms with van der Waals surface area (Å²) >= 11 is 1.22. The molecule has 202 valence electrons. The molecule has 5 rings (SSSR count). The molecule has 0 aliphatic carbocycles. The average Bonchev–Trinajstić information content (AvgIpc) is 3.41. The van der Waals surface area contributed by atoms with Gasteiger partial charge in [-0.05, 0) is 75.1 Å². The maximum atomic E-state index is 14.1. The third-order valence-corrected chi connectivity index (χ3v) is 7.98. The highest BCUT2D eigenvalue weighted by Crippen LogP contribution is 2.38. The predicted octanol–water partition coefficient (Wildman–Crippen LogP) is 5.13. The molecular weight excluding hydrogens is 512 g/mol. The molecule has 0 saturated carbocycles. The third kappa shape index (κ3) is 5.54. The lowest BCUT2D eigenvalue weighted by atomic mass is 10.1. The Morgan fingerprint density at radius 2 is 1.87 bits per heavy atom. The second-order valence-corrected chi connectivity index (χ2v) is 11.7. The standard InChI is InChI=1S/C30H32N4O4S/c1-5-33-26(35)22-16-19-10-6-7-11-20(19)17-23(22)32-29(33)39-25(21-12-8-14-31-18-21)27(36)34-15-9-13-24(34)28(37)38-30(2,3)4/h6-8,10-12,14,16-18,24-25H,5,9,13,15H2,1-4H3/t24-,25?/m1/s1. The summed E-state index contributed by atoms with van der Waals surface area (Å²) in [5, 5.41) is 2.19. The third-order valence-electron chi connectivity index (χ3n) is 6.75. The van der Waals surface area contributed by atoms with Crippen molar-refractivity contribution < 1.29 is 14.3 Å². The number of likely N-dealkylation sites (tertiary alicyclic amines) is 1. The molecule has 39 heavy (non-hydrogen) atoms. The first-order valence-corrected chi connectivity index (χ1v) is 14.1. The molecule has 1 amide bonds. The highest BCUT2D eigenvalue weighted by atomic mass is 32.2. The lowest BCUT2D eigenvalue weighted by molar-refractivity contribution is -0.163. The highest BCUT2D eigenvalue weighted by molar-refractivity contribution is 8.00. The van der Waals surface area contributed by atoms with Crippen molar-refractivity contribution >= 4 is 45.3 Å². The Labute approximate surface area is 231 Å². The van der Waals surface area contributed by atoms with Gasteiger partial charge in [0.2, 0.25) is 5.91 Å². The Morgan fingerprint density at radius 1 is 1.13 bits per heavy atom. The van der Waals surface area contributed by atoms with Gasteiger partial charge in [0.15, 0.2) is 5.16 Å². The molecule has 0 bridgehead atoms. The van der Waals surface area contributed by atoms with Crippen molar-refractivity contribution in [2.75, 3.05) is 6.54 Å². The molecule has 9 heteroatoms. The summed E-state index contributed by atoms with van der Waals surface area (Å²) < 4.78 is 7.24. The molecule has 0 N–H and O–H groups in total. The fourth-order valence-corrected chi connectivity index (χ4v) is 6.16. The zero-order chi connectivity index (χ0) is 27.7. The number of aromatic nitrogens is 3. The Bertz CT molecular complexity index is 1600. The number of esters is 1. The van der Waals surface area contributed by atoms with Crippen LogP contribution in [0.25, 0.3) is 21.7 Å². The van der Waals surface area contributed by atoms with Crippen molar-refractivity contribution in [2.45, 2.75) is 69.1 Å². The van der Waals surface area contributed by atoms with E-state index in [2.05, 4.69) is 4.98 Å². The first-order valence-electron chi connectivity index (χ1n) is 13.2. The lowest BCUT2D eigenvalue weighted by Gasteiger charge is -2.30. The molecule has 0 spiro atoms. The summed E-state index contributed by atoms with van der Waals surface area (Å²) in [7, 11) is 0. The van der Waals surface area contributed by atoms with Gasteiger partial charge in [-0.15, -0.1) is 0 Å². The minimum atomic E-state index is -0.746. The summed E-state index contributed by atoms with van der Waals surface area (Å²) in [5.41, 5.74) is 0.456. The number of ether oxygens (including phenoxy) is 1. The van der Waals surface area contributed by atoms with Gasteiger partial charge in [0, 0.05) is 25.5 Å². The number of pyridine rings is 1. The summed E-state index contributed by atoms with van der Waals surface area (Å²) in [6, 6.07) is 14.6. The fourth-order valence-electron chi connectivity index (χ4n) is 4.95. The molecule has 4 aromatic rings. The van der Waals surface area contributed by atoms with Crippen LogP contribution in [0.4, 0.5) is 0 Å².